The first kappa shape index (κ1) is 10.6. The first-order valence-corrected chi connectivity index (χ1v) is 6.06. The van der Waals surface area contributed by atoms with Crippen LogP contribution in [0.5, 0.6) is 11.5 Å². The summed E-state index contributed by atoms with van der Waals surface area (Å²) in [6.45, 7) is 2.32. The van der Waals surface area contributed by atoms with Gasteiger partial charge in [0, 0.05) is 11.1 Å². The zero-order chi connectivity index (χ0) is 12.0. The van der Waals surface area contributed by atoms with Crippen molar-refractivity contribution >= 4 is 5.78 Å². The number of carbonyl (C=O) groups excluding carboxylic acids is 1. The first-order valence-electron chi connectivity index (χ1n) is 6.06. The number of rotatable bonds is 2. The van der Waals surface area contributed by atoms with Gasteiger partial charge in [-0.3, -0.25) is 4.79 Å². The number of methoxy groups -OCH3 is 1. The molecule has 1 saturated carbocycles. The van der Waals surface area contributed by atoms with Gasteiger partial charge in [-0.1, -0.05) is 0 Å². The van der Waals surface area contributed by atoms with Gasteiger partial charge in [-0.2, -0.15) is 0 Å². The summed E-state index contributed by atoms with van der Waals surface area (Å²) in [5, 5.41) is 0. The minimum atomic E-state index is 0.0475. The third-order valence-corrected chi connectivity index (χ3v) is 3.77. The van der Waals surface area contributed by atoms with E-state index in [0.29, 0.717) is 11.5 Å². The third kappa shape index (κ3) is 1.70. The van der Waals surface area contributed by atoms with E-state index in [0.717, 1.165) is 30.4 Å². The average molecular weight is 232 g/mol. The van der Waals surface area contributed by atoms with Gasteiger partial charge in [0.1, 0.15) is 11.5 Å². The summed E-state index contributed by atoms with van der Waals surface area (Å²) in [4.78, 5) is 11.5. The van der Waals surface area contributed by atoms with Crippen LogP contribution in [0.3, 0.4) is 0 Å². The number of fused-ring (bicyclic) bond motifs is 3. The number of benzene rings is 1. The Morgan fingerprint density at radius 1 is 1.47 bits per heavy atom. The van der Waals surface area contributed by atoms with Crippen molar-refractivity contribution in [3.8, 4) is 11.5 Å². The van der Waals surface area contributed by atoms with E-state index in [1.165, 1.54) is 12.0 Å². The van der Waals surface area contributed by atoms with Crippen molar-refractivity contribution < 1.29 is 14.3 Å². The molecule has 0 saturated heterocycles. The van der Waals surface area contributed by atoms with E-state index in [4.69, 9.17) is 9.47 Å². The Hall–Kier alpha value is -1.51. The zero-order valence-corrected chi connectivity index (χ0v) is 10.2. The van der Waals surface area contributed by atoms with E-state index in [-0.39, 0.29) is 5.78 Å². The molecule has 0 amide bonds. The van der Waals surface area contributed by atoms with E-state index in [9.17, 15) is 4.79 Å². The quantitative estimate of drug-likeness (QED) is 0.735. The maximum Gasteiger partial charge on any atom is 0.160 e. The lowest BCUT2D eigenvalue weighted by molar-refractivity contribution is 0.101. The molecular formula is C14H16O3. The van der Waals surface area contributed by atoms with Crippen LogP contribution in [0.1, 0.15) is 41.6 Å². The zero-order valence-electron chi connectivity index (χ0n) is 10.2. The van der Waals surface area contributed by atoms with Gasteiger partial charge in [-0.25, -0.2) is 0 Å². The van der Waals surface area contributed by atoms with Crippen LogP contribution in [-0.4, -0.2) is 19.5 Å². The van der Waals surface area contributed by atoms with Crippen LogP contribution >= 0.6 is 0 Å². The third-order valence-electron chi connectivity index (χ3n) is 3.77. The molecule has 0 N–H and O–H groups in total. The molecule has 1 aliphatic carbocycles. The van der Waals surface area contributed by atoms with Gasteiger partial charge < -0.3 is 9.47 Å². The van der Waals surface area contributed by atoms with Crippen molar-refractivity contribution in [3.05, 3.63) is 23.3 Å². The standard InChI is InChI=1S/C14H16O3/c1-8(15)10-6-12(16-2)14-11-5-9(11)3-4-17-13(14)7-10/h6-7,9,11H,3-5H2,1-2H3/t9-,11?/m1/s1. The highest BCUT2D eigenvalue weighted by molar-refractivity contribution is 5.95. The molecule has 0 aromatic heterocycles. The highest BCUT2D eigenvalue weighted by Gasteiger charge is 2.43. The van der Waals surface area contributed by atoms with Gasteiger partial charge in [0.05, 0.1) is 13.7 Å². The van der Waals surface area contributed by atoms with Gasteiger partial charge >= 0.3 is 0 Å². The minimum absolute atomic E-state index is 0.0475. The maximum atomic E-state index is 11.5. The fourth-order valence-corrected chi connectivity index (χ4v) is 2.70. The molecule has 1 aliphatic heterocycles. The van der Waals surface area contributed by atoms with Crippen molar-refractivity contribution in [2.75, 3.05) is 13.7 Å². The van der Waals surface area contributed by atoms with Gasteiger partial charge in [-0.05, 0) is 43.7 Å². The number of ketones is 1. The molecule has 3 rings (SSSR count). The molecule has 1 heterocycles. The molecule has 0 spiro atoms. The van der Waals surface area contributed by atoms with E-state index in [1.807, 2.05) is 12.1 Å². The van der Waals surface area contributed by atoms with Gasteiger partial charge in [0.2, 0.25) is 0 Å². The molecule has 2 aliphatic rings. The SMILES string of the molecule is COc1cc(C(C)=O)cc2c1C1C[C@H]1CCO2. The molecule has 1 aromatic rings. The van der Waals surface area contributed by atoms with Gasteiger partial charge in [-0.15, -0.1) is 0 Å². The fraction of sp³-hybridized carbons (Fsp3) is 0.500. The number of hydrogen-bond donors (Lipinski definition) is 0. The summed E-state index contributed by atoms with van der Waals surface area (Å²) in [6.07, 6.45) is 2.34. The number of Topliss-reactive ketones (excluding diaryl/α,β-unsaturated/α-hetero) is 1. The molecule has 3 nitrogen and oxygen atoms in total. The summed E-state index contributed by atoms with van der Waals surface area (Å²) in [5.74, 6) is 3.02. The van der Waals surface area contributed by atoms with E-state index in [1.54, 1.807) is 14.0 Å². The number of hydrogen-bond acceptors (Lipinski definition) is 3. The van der Waals surface area contributed by atoms with Crippen LogP contribution in [0.4, 0.5) is 0 Å². The topological polar surface area (TPSA) is 35.5 Å². The molecule has 90 valence electrons. The number of ether oxygens (including phenoxy) is 2. The molecule has 1 unspecified atom stereocenters. The van der Waals surface area contributed by atoms with Crippen LogP contribution in [0, 0.1) is 5.92 Å². The Labute approximate surface area is 101 Å². The molecule has 1 aromatic carbocycles. The summed E-state index contributed by atoms with van der Waals surface area (Å²) >= 11 is 0. The van der Waals surface area contributed by atoms with Crippen LogP contribution in [0.25, 0.3) is 0 Å². The minimum Gasteiger partial charge on any atom is -0.496 e. The summed E-state index contributed by atoms with van der Waals surface area (Å²) in [7, 11) is 1.65. The van der Waals surface area contributed by atoms with Crippen molar-refractivity contribution in [2.45, 2.75) is 25.7 Å². The first-order chi connectivity index (χ1) is 8.20. The second kappa shape index (κ2) is 3.76. The molecule has 1 fully saturated rings. The number of carbonyl (C=O) groups is 1. The summed E-state index contributed by atoms with van der Waals surface area (Å²) < 4.78 is 11.2. The average Bonchev–Trinajstić information content (AvgIpc) is 3.06. The summed E-state index contributed by atoms with van der Waals surface area (Å²) in [6, 6.07) is 3.70. The van der Waals surface area contributed by atoms with Crippen molar-refractivity contribution in [1.29, 1.82) is 0 Å². The Kier molecular flexibility index (Phi) is 2.35. The monoisotopic (exact) mass is 232 g/mol. The Morgan fingerprint density at radius 2 is 2.29 bits per heavy atom. The van der Waals surface area contributed by atoms with E-state index >= 15 is 0 Å². The summed E-state index contributed by atoms with van der Waals surface area (Å²) in [5.41, 5.74) is 1.83. The molecule has 2 atom stereocenters. The van der Waals surface area contributed by atoms with Gasteiger partial charge in [0.15, 0.2) is 5.78 Å². The molecule has 17 heavy (non-hydrogen) atoms. The highest BCUT2D eigenvalue weighted by Crippen LogP contribution is 2.56. The fourth-order valence-electron chi connectivity index (χ4n) is 2.70. The predicted octanol–water partition coefficient (Wildman–Crippen LogP) is 2.78. The Morgan fingerprint density at radius 3 is 3.00 bits per heavy atom. The molecule has 0 bridgehead atoms. The lowest BCUT2D eigenvalue weighted by atomic mass is 10.0. The Bertz CT molecular complexity index is 479. The highest BCUT2D eigenvalue weighted by atomic mass is 16.5. The second-order valence-electron chi connectivity index (χ2n) is 4.89. The van der Waals surface area contributed by atoms with Crippen LogP contribution in [0.2, 0.25) is 0 Å². The normalized spacial score (nSPS) is 25.1. The maximum absolute atomic E-state index is 11.5. The molecular weight excluding hydrogens is 216 g/mol. The lowest BCUT2D eigenvalue weighted by Gasteiger charge is -2.14. The van der Waals surface area contributed by atoms with Crippen LogP contribution in [-0.2, 0) is 0 Å². The lowest BCUT2D eigenvalue weighted by Crippen LogP contribution is -2.02. The van der Waals surface area contributed by atoms with Crippen LogP contribution < -0.4 is 9.47 Å². The van der Waals surface area contributed by atoms with E-state index < -0.39 is 0 Å². The molecule has 3 heteroatoms. The van der Waals surface area contributed by atoms with Crippen molar-refractivity contribution in [1.82, 2.24) is 0 Å². The van der Waals surface area contributed by atoms with Crippen molar-refractivity contribution in [2.24, 2.45) is 5.92 Å². The molecule has 0 radical (unpaired) electrons. The predicted molar refractivity (Wildman–Crippen MR) is 64.0 cm³/mol. The van der Waals surface area contributed by atoms with Gasteiger partial charge in [0.25, 0.3) is 0 Å². The van der Waals surface area contributed by atoms with E-state index in [2.05, 4.69) is 0 Å². The Balaban J connectivity index is 2.13. The smallest absolute Gasteiger partial charge is 0.160 e. The second-order valence-corrected chi connectivity index (χ2v) is 4.89. The van der Waals surface area contributed by atoms with Crippen LogP contribution in [0.15, 0.2) is 12.1 Å². The largest absolute Gasteiger partial charge is 0.496 e. The van der Waals surface area contributed by atoms with Crippen molar-refractivity contribution in [3.63, 3.8) is 0 Å².